The van der Waals surface area contributed by atoms with E-state index >= 15 is 0 Å². The van der Waals surface area contributed by atoms with E-state index in [-0.39, 0.29) is 17.2 Å². The molecule has 1 aliphatic heterocycles. The Hall–Kier alpha value is -4.64. The standard InChI is InChI=1S/C31H32N2O6/c1-6-36-26-14-9-21(15-28(26)35-5)29-24-13-12-23(16-27(24)39-30(33)25(29)17-32)38-31(34)19(4)37-22-10-7-20(8-11-22)18(2)3/h7-16,18-19,29H,6,33H2,1-5H3. The topological polar surface area (TPSA) is 113 Å². The van der Waals surface area contributed by atoms with Gasteiger partial charge in [-0.2, -0.15) is 5.26 Å². The predicted octanol–water partition coefficient (Wildman–Crippen LogP) is 5.81. The maximum absolute atomic E-state index is 12.8. The van der Waals surface area contributed by atoms with Gasteiger partial charge in [0.25, 0.3) is 0 Å². The summed E-state index contributed by atoms with van der Waals surface area (Å²) in [4.78, 5) is 12.8. The highest BCUT2D eigenvalue weighted by atomic mass is 16.6. The molecule has 202 valence electrons. The van der Waals surface area contributed by atoms with E-state index in [0.29, 0.717) is 41.1 Å². The smallest absolute Gasteiger partial charge is 0.352 e. The van der Waals surface area contributed by atoms with Crippen molar-refractivity contribution in [1.29, 1.82) is 5.26 Å². The van der Waals surface area contributed by atoms with Crippen LogP contribution < -0.4 is 29.4 Å². The molecule has 0 fully saturated rings. The molecule has 2 N–H and O–H groups in total. The Morgan fingerprint density at radius 2 is 1.74 bits per heavy atom. The van der Waals surface area contributed by atoms with Crippen LogP contribution in [-0.4, -0.2) is 25.8 Å². The molecular formula is C31H32N2O6. The molecule has 3 aromatic carbocycles. The summed E-state index contributed by atoms with van der Waals surface area (Å²) in [5.74, 6) is 1.67. The number of rotatable bonds is 9. The van der Waals surface area contributed by atoms with Crippen molar-refractivity contribution >= 4 is 5.97 Å². The Bertz CT molecular complexity index is 1420. The van der Waals surface area contributed by atoms with Crippen molar-refractivity contribution in [3.63, 3.8) is 0 Å². The Labute approximate surface area is 228 Å². The SMILES string of the molecule is CCOc1ccc(C2C(C#N)=C(N)Oc3cc(OC(=O)C(C)Oc4ccc(C(C)C)cc4)ccc32)cc1OC. The van der Waals surface area contributed by atoms with Crippen LogP contribution in [0.1, 0.15) is 56.2 Å². The number of allylic oxidation sites excluding steroid dienone is 1. The summed E-state index contributed by atoms with van der Waals surface area (Å²) in [6.07, 6.45) is -0.842. The first-order chi connectivity index (χ1) is 18.7. The molecule has 0 saturated carbocycles. The van der Waals surface area contributed by atoms with E-state index in [2.05, 4.69) is 19.9 Å². The lowest BCUT2D eigenvalue weighted by atomic mass is 9.83. The number of esters is 1. The van der Waals surface area contributed by atoms with Crippen LogP contribution in [0.4, 0.5) is 0 Å². The molecule has 0 saturated heterocycles. The zero-order valence-corrected chi connectivity index (χ0v) is 22.7. The summed E-state index contributed by atoms with van der Waals surface area (Å²) in [5, 5.41) is 9.87. The molecule has 8 heteroatoms. The van der Waals surface area contributed by atoms with Crippen LogP contribution in [0.25, 0.3) is 0 Å². The Balaban J connectivity index is 1.56. The monoisotopic (exact) mass is 528 g/mol. The second-order valence-electron chi connectivity index (χ2n) is 9.37. The summed E-state index contributed by atoms with van der Waals surface area (Å²) in [6.45, 7) is 8.23. The third-order valence-corrected chi connectivity index (χ3v) is 6.42. The van der Waals surface area contributed by atoms with Crippen LogP contribution in [0.5, 0.6) is 28.7 Å². The summed E-state index contributed by atoms with van der Waals surface area (Å²) in [7, 11) is 1.56. The second-order valence-corrected chi connectivity index (χ2v) is 9.37. The predicted molar refractivity (Wildman–Crippen MR) is 146 cm³/mol. The fraction of sp³-hybridized carbons (Fsp3) is 0.290. The first-order valence-electron chi connectivity index (χ1n) is 12.8. The summed E-state index contributed by atoms with van der Waals surface area (Å²) in [6, 6.07) is 20.3. The summed E-state index contributed by atoms with van der Waals surface area (Å²) < 4.78 is 28.3. The average Bonchev–Trinajstić information content (AvgIpc) is 2.92. The minimum atomic E-state index is -0.842. The van der Waals surface area contributed by atoms with Gasteiger partial charge >= 0.3 is 5.97 Å². The highest BCUT2D eigenvalue weighted by Gasteiger charge is 2.32. The van der Waals surface area contributed by atoms with Gasteiger partial charge in [0.1, 0.15) is 28.9 Å². The minimum absolute atomic E-state index is 0.0205. The fourth-order valence-electron chi connectivity index (χ4n) is 4.36. The quantitative estimate of drug-likeness (QED) is 0.274. The van der Waals surface area contributed by atoms with Crippen LogP contribution >= 0.6 is 0 Å². The van der Waals surface area contributed by atoms with Crippen LogP contribution in [0.15, 0.2) is 72.1 Å². The first kappa shape index (κ1) is 27.4. The van der Waals surface area contributed by atoms with Crippen molar-refractivity contribution in [1.82, 2.24) is 0 Å². The first-order valence-corrected chi connectivity index (χ1v) is 12.8. The van der Waals surface area contributed by atoms with Crippen molar-refractivity contribution in [2.75, 3.05) is 13.7 Å². The van der Waals surface area contributed by atoms with Gasteiger partial charge in [0, 0.05) is 11.6 Å². The molecule has 0 radical (unpaired) electrons. The lowest BCUT2D eigenvalue weighted by molar-refractivity contribution is -0.141. The highest BCUT2D eigenvalue weighted by Crippen LogP contribution is 2.45. The number of methoxy groups -OCH3 is 1. The lowest BCUT2D eigenvalue weighted by Crippen LogP contribution is -2.28. The molecule has 0 amide bonds. The Morgan fingerprint density at radius 3 is 2.38 bits per heavy atom. The molecule has 2 atom stereocenters. The summed E-state index contributed by atoms with van der Waals surface area (Å²) >= 11 is 0. The number of fused-ring (bicyclic) bond motifs is 1. The van der Waals surface area contributed by atoms with Gasteiger partial charge < -0.3 is 29.4 Å². The third-order valence-electron chi connectivity index (χ3n) is 6.42. The Morgan fingerprint density at radius 1 is 1.03 bits per heavy atom. The Kier molecular flexibility index (Phi) is 8.30. The van der Waals surface area contributed by atoms with Crippen molar-refractivity contribution in [2.24, 2.45) is 5.73 Å². The van der Waals surface area contributed by atoms with E-state index in [0.717, 1.165) is 5.56 Å². The van der Waals surface area contributed by atoms with Crippen molar-refractivity contribution in [3.8, 4) is 34.8 Å². The molecule has 8 nitrogen and oxygen atoms in total. The number of benzene rings is 3. The third kappa shape index (κ3) is 5.93. The number of hydrogen-bond donors (Lipinski definition) is 1. The van der Waals surface area contributed by atoms with Crippen LogP contribution in [0.2, 0.25) is 0 Å². The zero-order chi connectivity index (χ0) is 28.1. The number of ether oxygens (including phenoxy) is 5. The normalized spacial score (nSPS) is 15.1. The number of nitrogens with two attached hydrogens (primary N) is 1. The van der Waals surface area contributed by atoms with E-state index in [1.165, 1.54) is 5.56 Å². The van der Waals surface area contributed by atoms with Gasteiger partial charge in [0.15, 0.2) is 17.6 Å². The second kappa shape index (κ2) is 11.8. The van der Waals surface area contributed by atoms with E-state index in [1.54, 1.807) is 38.3 Å². The van der Waals surface area contributed by atoms with Crippen molar-refractivity contribution in [3.05, 3.63) is 88.8 Å². The molecule has 0 aliphatic carbocycles. The van der Waals surface area contributed by atoms with Gasteiger partial charge in [0.2, 0.25) is 5.88 Å². The van der Waals surface area contributed by atoms with Gasteiger partial charge in [-0.1, -0.05) is 38.1 Å². The maximum atomic E-state index is 12.8. The number of nitriles is 1. The molecule has 39 heavy (non-hydrogen) atoms. The minimum Gasteiger partial charge on any atom is -0.493 e. The van der Waals surface area contributed by atoms with E-state index in [4.69, 9.17) is 29.4 Å². The molecule has 0 spiro atoms. The molecule has 0 bridgehead atoms. The number of hydrogen-bond acceptors (Lipinski definition) is 8. The van der Waals surface area contributed by atoms with E-state index in [9.17, 15) is 10.1 Å². The van der Waals surface area contributed by atoms with Crippen LogP contribution in [-0.2, 0) is 4.79 Å². The number of nitrogens with zero attached hydrogens (tertiary/aromatic N) is 1. The largest absolute Gasteiger partial charge is 0.493 e. The summed E-state index contributed by atoms with van der Waals surface area (Å²) in [5.41, 5.74) is 9.06. The van der Waals surface area contributed by atoms with Gasteiger partial charge in [-0.3, -0.25) is 0 Å². The molecule has 1 heterocycles. The highest BCUT2D eigenvalue weighted by molar-refractivity contribution is 5.77. The van der Waals surface area contributed by atoms with Crippen LogP contribution in [0, 0.1) is 11.3 Å². The van der Waals surface area contributed by atoms with Gasteiger partial charge in [-0.25, -0.2) is 4.79 Å². The molecular weight excluding hydrogens is 496 g/mol. The molecule has 4 rings (SSSR count). The number of carbonyl (C=O) groups excluding carboxylic acids is 1. The average molecular weight is 529 g/mol. The van der Waals surface area contributed by atoms with E-state index in [1.807, 2.05) is 43.3 Å². The van der Waals surface area contributed by atoms with E-state index < -0.39 is 18.0 Å². The molecule has 1 aliphatic rings. The fourth-order valence-corrected chi connectivity index (χ4v) is 4.36. The lowest BCUT2D eigenvalue weighted by Gasteiger charge is -2.27. The van der Waals surface area contributed by atoms with Gasteiger partial charge in [-0.15, -0.1) is 0 Å². The van der Waals surface area contributed by atoms with Crippen molar-refractivity contribution in [2.45, 2.75) is 45.6 Å². The molecule has 0 aromatic heterocycles. The maximum Gasteiger partial charge on any atom is 0.352 e. The van der Waals surface area contributed by atoms with Crippen LogP contribution in [0.3, 0.4) is 0 Å². The molecule has 2 unspecified atom stereocenters. The zero-order valence-electron chi connectivity index (χ0n) is 22.7. The van der Waals surface area contributed by atoms with Gasteiger partial charge in [0.05, 0.1) is 19.6 Å². The number of carbonyl (C=O) groups is 1. The molecule has 3 aromatic rings. The van der Waals surface area contributed by atoms with Crippen molar-refractivity contribution < 1.29 is 28.5 Å². The van der Waals surface area contributed by atoms with Gasteiger partial charge in [-0.05, 0) is 61.2 Å².